The van der Waals surface area contributed by atoms with E-state index in [1.165, 1.54) is 4.90 Å². The number of rotatable bonds is 4. The first-order valence-corrected chi connectivity index (χ1v) is 8.56. The summed E-state index contributed by atoms with van der Waals surface area (Å²) in [5, 5.41) is 12.7. The normalized spacial score (nSPS) is 19.2. The summed E-state index contributed by atoms with van der Waals surface area (Å²) in [6.07, 6.45) is -1.15. The van der Waals surface area contributed by atoms with Crippen LogP contribution in [0.25, 0.3) is 0 Å². The van der Waals surface area contributed by atoms with Crippen molar-refractivity contribution in [1.82, 2.24) is 4.90 Å². The number of nitrogens with one attached hydrogen (secondary N) is 1. The molecule has 1 aliphatic heterocycles. The number of carbonyl (C=O) groups excluding carboxylic acids is 2. The number of hydrogen-bond acceptors (Lipinski definition) is 4. The van der Waals surface area contributed by atoms with Crippen LogP contribution in [0.1, 0.15) is 17.5 Å². The smallest absolute Gasteiger partial charge is 0.410 e. The molecular formula is C20H22N2O4. The Labute approximate surface area is 152 Å². The number of hydrogen-bond donors (Lipinski definition) is 2. The first kappa shape index (κ1) is 17.9. The van der Waals surface area contributed by atoms with Crippen LogP contribution in [0.3, 0.4) is 0 Å². The zero-order chi connectivity index (χ0) is 18.5. The number of nitrogens with zero attached hydrogens (tertiary/aromatic N) is 1. The van der Waals surface area contributed by atoms with Crippen LogP contribution in [-0.4, -0.2) is 40.7 Å². The van der Waals surface area contributed by atoms with Gasteiger partial charge in [-0.25, -0.2) is 4.79 Å². The number of anilines is 1. The Morgan fingerprint density at radius 3 is 2.69 bits per heavy atom. The highest BCUT2D eigenvalue weighted by atomic mass is 16.6. The van der Waals surface area contributed by atoms with Crippen molar-refractivity contribution in [1.29, 1.82) is 0 Å². The number of aliphatic hydroxyl groups is 1. The summed E-state index contributed by atoms with van der Waals surface area (Å²) in [5.41, 5.74) is 2.55. The summed E-state index contributed by atoms with van der Waals surface area (Å²) >= 11 is 0. The van der Waals surface area contributed by atoms with Gasteiger partial charge in [-0.3, -0.25) is 9.69 Å². The molecule has 1 heterocycles. The number of benzene rings is 2. The van der Waals surface area contributed by atoms with Crippen molar-refractivity contribution in [2.24, 2.45) is 0 Å². The molecule has 6 heteroatoms. The van der Waals surface area contributed by atoms with E-state index in [1.807, 2.05) is 55.5 Å². The number of likely N-dealkylation sites (tertiary alicyclic amines) is 1. The van der Waals surface area contributed by atoms with E-state index in [1.54, 1.807) is 6.07 Å². The fourth-order valence-electron chi connectivity index (χ4n) is 3.01. The molecule has 0 aliphatic carbocycles. The van der Waals surface area contributed by atoms with Gasteiger partial charge in [-0.1, -0.05) is 42.5 Å². The number of aryl methyl sites for hydroxylation is 1. The average Bonchev–Trinajstić information content (AvgIpc) is 3.03. The van der Waals surface area contributed by atoms with E-state index < -0.39 is 18.2 Å². The van der Waals surface area contributed by atoms with Crippen LogP contribution in [-0.2, 0) is 16.1 Å². The van der Waals surface area contributed by atoms with Crippen LogP contribution in [0.15, 0.2) is 54.6 Å². The molecular weight excluding hydrogens is 332 g/mol. The Morgan fingerprint density at radius 2 is 1.96 bits per heavy atom. The Hall–Kier alpha value is -2.86. The second-order valence-corrected chi connectivity index (χ2v) is 6.46. The van der Waals surface area contributed by atoms with Crippen LogP contribution in [0, 0.1) is 6.92 Å². The molecule has 0 spiro atoms. The first-order valence-electron chi connectivity index (χ1n) is 8.56. The summed E-state index contributed by atoms with van der Waals surface area (Å²) in [5.74, 6) is -0.330. The summed E-state index contributed by atoms with van der Waals surface area (Å²) in [7, 11) is 0. The summed E-state index contributed by atoms with van der Waals surface area (Å²) in [4.78, 5) is 26.3. The van der Waals surface area contributed by atoms with E-state index in [9.17, 15) is 14.7 Å². The number of amides is 2. The SMILES string of the molecule is Cc1cccc(NC(=O)[C@@H]2C[C@H](O)CN2C(=O)OCc2ccccc2)c1. The molecule has 0 bridgehead atoms. The molecule has 1 aliphatic rings. The molecule has 2 amide bonds. The molecule has 1 saturated heterocycles. The molecule has 0 aromatic heterocycles. The maximum Gasteiger partial charge on any atom is 0.410 e. The topological polar surface area (TPSA) is 78.9 Å². The molecule has 2 atom stereocenters. The molecule has 0 radical (unpaired) electrons. The van der Waals surface area contributed by atoms with E-state index in [-0.39, 0.29) is 25.5 Å². The predicted molar refractivity (Wildman–Crippen MR) is 97.6 cm³/mol. The molecule has 3 rings (SSSR count). The molecule has 2 N–H and O–H groups in total. The van der Waals surface area contributed by atoms with Crippen LogP contribution >= 0.6 is 0 Å². The highest BCUT2D eigenvalue weighted by Crippen LogP contribution is 2.21. The van der Waals surface area contributed by atoms with Crippen molar-refractivity contribution in [2.45, 2.75) is 32.1 Å². The quantitative estimate of drug-likeness (QED) is 0.885. The van der Waals surface area contributed by atoms with Gasteiger partial charge in [-0.2, -0.15) is 0 Å². The third-order valence-electron chi connectivity index (χ3n) is 4.31. The zero-order valence-electron chi connectivity index (χ0n) is 14.6. The highest BCUT2D eigenvalue weighted by Gasteiger charge is 2.39. The van der Waals surface area contributed by atoms with Gasteiger partial charge in [0.2, 0.25) is 5.91 Å². The van der Waals surface area contributed by atoms with E-state index in [0.29, 0.717) is 5.69 Å². The minimum absolute atomic E-state index is 0.0829. The fourth-order valence-corrected chi connectivity index (χ4v) is 3.01. The largest absolute Gasteiger partial charge is 0.445 e. The van der Waals surface area contributed by atoms with Crippen molar-refractivity contribution in [3.8, 4) is 0 Å². The standard InChI is InChI=1S/C20H22N2O4/c1-14-6-5-9-16(10-14)21-19(24)18-11-17(23)12-22(18)20(25)26-13-15-7-3-2-4-8-15/h2-10,17-18,23H,11-13H2,1H3,(H,21,24)/t17-,18-/m0/s1. The van der Waals surface area contributed by atoms with E-state index >= 15 is 0 Å². The van der Waals surface area contributed by atoms with Gasteiger partial charge in [-0.15, -0.1) is 0 Å². The zero-order valence-corrected chi connectivity index (χ0v) is 14.6. The van der Waals surface area contributed by atoms with Crippen molar-refractivity contribution >= 4 is 17.7 Å². The Morgan fingerprint density at radius 1 is 1.19 bits per heavy atom. The number of ether oxygens (including phenoxy) is 1. The maximum absolute atomic E-state index is 12.6. The highest BCUT2D eigenvalue weighted by molar-refractivity contribution is 5.97. The molecule has 0 unspecified atom stereocenters. The van der Waals surface area contributed by atoms with Gasteiger partial charge in [0, 0.05) is 12.1 Å². The number of β-amino-alcohol motifs (C(OH)–C–C–N with tert-alkyl or cyclic N) is 1. The molecule has 6 nitrogen and oxygen atoms in total. The van der Waals surface area contributed by atoms with Gasteiger partial charge in [0.05, 0.1) is 12.6 Å². The average molecular weight is 354 g/mol. The lowest BCUT2D eigenvalue weighted by molar-refractivity contribution is -0.120. The van der Waals surface area contributed by atoms with Gasteiger partial charge >= 0.3 is 6.09 Å². The summed E-state index contributed by atoms with van der Waals surface area (Å²) in [6.45, 7) is 2.14. The van der Waals surface area contributed by atoms with Crippen molar-refractivity contribution in [2.75, 3.05) is 11.9 Å². The third-order valence-corrected chi connectivity index (χ3v) is 4.31. The Balaban J connectivity index is 1.63. The summed E-state index contributed by atoms with van der Waals surface area (Å²) in [6, 6.07) is 16.0. The van der Waals surface area contributed by atoms with Crippen molar-refractivity contribution in [3.05, 3.63) is 65.7 Å². The maximum atomic E-state index is 12.6. The predicted octanol–water partition coefficient (Wildman–Crippen LogP) is 2.71. The lowest BCUT2D eigenvalue weighted by Gasteiger charge is -2.23. The molecule has 0 saturated carbocycles. The van der Waals surface area contributed by atoms with E-state index in [0.717, 1.165) is 11.1 Å². The van der Waals surface area contributed by atoms with E-state index in [4.69, 9.17) is 4.74 Å². The molecule has 1 fully saturated rings. The second-order valence-electron chi connectivity index (χ2n) is 6.46. The Kier molecular flexibility index (Phi) is 5.53. The van der Waals surface area contributed by atoms with Crippen LogP contribution in [0.2, 0.25) is 0 Å². The van der Waals surface area contributed by atoms with Crippen molar-refractivity contribution < 1.29 is 19.4 Å². The summed E-state index contributed by atoms with van der Waals surface area (Å²) < 4.78 is 5.31. The van der Waals surface area contributed by atoms with Crippen LogP contribution in [0.5, 0.6) is 0 Å². The molecule has 2 aromatic rings. The minimum atomic E-state index is -0.756. The lowest BCUT2D eigenvalue weighted by Crippen LogP contribution is -2.43. The lowest BCUT2D eigenvalue weighted by atomic mass is 10.1. The van der Waals surface area contributed by atoms with Gasteiger partial charge in [0.1, 0.15) is 12.6 Å². The van der Waals surface area contributed by atoms with Gasteiger partial charge in [0.25, 0.3) is 0 Å². The fraction of sp³-hybridized carbons (Fsp3) is 0.300. The van der Waals surface area contributed by atoms with Gasteiger partial charge in [0.15, 0.2) is 0 Å². The van der Waals surface area contributed by atoms with Crippen LogP contribution < -0.4 is 5.32 Å². The van der Waals surface area contributed by atoms with Gasteiger partial charge in [-0.05, 0) is 30.2 Å². The van der Waals surface area contributed by atoms with E-state index in [2.05, 4.69) is 5.32 Å². The number of aliphatic hydroxyl groups excluding tert-OH is 1. The Bertz CT molecular complexity index is 778. The van der Waals surface area contributed by atoms with Crippen molar-refractivity contribution in [3.63, 3.8) is 0 Å². The third kappa shape index (κ3) is 4.40. The minimum Gasteiger partial charge on any atom is -0.445 e. The molecule has 26 heavy (non-hydrogen) atoms. The second kappa shape index (κ2) is 8.01. The van der Waals surface area contributed by atoms with Crippen LogP contribution in [0.4, 0.5) is 10.5 Å². The molecule has 136 valence electrons. The monoisotopic (exact) mass is 354 g/mol. The molecule has 2 aromatic carbocycles. The van der Waals surface area contributed by atoms with Gasteiger partial charge < -0.3 is 15.2 Å². The number of carbonyl (C=O) groups is 2. The first-order chi connectivity index (χ1) is 12.5.